The monoisotopic (exact) mass is 196 g/mol. The van der Waals surface area contributed by atoms with Crippen molar-refractivity contribution in [2.24, 2.45) is 28.6 Å². The van der Waals surface area contributed by atoms with Crippen LogP contribution in [-0.2, 0) is 0 Å². The van der Waals surface area contributed by atoms with Crippen molar-refractivity contribution in [3.8, 4) is 0 Å². The summed E-state index contributed by atoms with van der Waals surface area (Å²) in [6.07, 6.45) is 2.82. The maximum absolute atomic E-state index is 2.43. The van der Waals surface area contributed by atoms with Gasteiger partial charge in [-0.1, -0.05) is 48.5 Å². The third-order valence-corrected chi connectivity index (χ3v) is 3.79. The fraction of sp³-hybridized carbons (Fsp3) is 1.00. The second-order valence-electron chi connectivity index (χ2n) is 7.51. The molecule has 1 fully saturated rings. The summed E-state index contributed by atoms with van der Waals surface area (Å²) >= 11 is 0. The van der Waals surface area contributed by atoms with Gasteiger partial charge in [0.25, 0.3) is 0 Å². The van der Waals surface area contributed by atoms with Crippen molar-refractivity contribution in [1.29, 1.82) is 0 Å². The quantitative estimate of drug-likeness (QED) is 0.598. The summed E-state index contributed by atoms with van der Waals surface area (Å²) < 4.78 is 0. The fourth-order valence-electron chi connectivity index (χ4n) is 3.02. The molecule has 0 aromatic heterocycles. The number of hydrogen-bond acceptors (Lipinski definition) is 0. The second kappa shape index (κ2) is 3.54. The van der Waals surface area contributed by atoms with Crippen molar-refractivity contribution < 1.29 is 0 Å². The van der Waals surface area contributed by atoms with Gasteiger partial charge >= 0.3 is 0 Å². The van der Waals surface area contributed by atoms with Crippen LogP contribution >= 0.6 is 0 Å². The van der Waals surface area contributed by atoms with Crippen molar-refractivity contribution in [1.82, 2.24) is 0 Å². The van der Waals surface area contributed by atoms with Crippen LogP contribution in [0.1, 0.15) is 61.3 Å². The maximum Gasteiger partial charge on any atom is -0.0306 e. The van der Waals surface area contributed by atoms with Crippen molar-refractivity contribution in [2.75, 3.05) is 0 Å². The molecule has 0 bridgehead atoms. The van der Waals surface area contributed by atoms with Crippen molar-refractivity contribution in [3.05, 3.63) is 0 Å². The summed E-state index contributed by atoms with van der Waals surface area (Å²) in [7, 11) is 0. The lowest BCUT2D eigenvalue weighted by Crippen LogP contribution is -2.11. The van der Waals surface area contributed by atoms with Gasteiger partial charge in [-0.3, -0.25) is 0 Å². The van der Waals surface area contributed by atoms with E-state index >= 15 is 0 Å². The van der Waals surface area contributed by atoms with E-state index in [1.807, 2.05) is 0 Å². The third-order valence-electron chi connectivity index (χ3n) is 3.79. The molecule has 1 rings (SSSR count). The van der Waals surface area contributed by atoms with Gasteiger partial charge in [-0.15, -0.1) is 0 Å². The Bertz CT molecular complexity index is 189. The van der Waals surface area contributed by atoms with Crippen molar-refractivity contribution >= 4 is 0 Å². The molecular weight excluding hydrogens is 168 g/mol. The van der Waals surface area contributed by atoms with E-state index in [1.54, 1.807) is 0 Å². The lowest BCUT2D eigenvalue weighted by Gasteiger charge is -2.20. The summed E-state index contributed by atoms with van der Waals surface area (Å²) in [6.45, 7) is 16.7. The van der Waals surface area contributed by atoms with E-state index in [9.17, 15) is 0 Å². The van der Waals surface area contributed by atoms with Crippen LogP contribution < -0.4 is 0 Å². The zero-order valence-electron chi connectivity index (χ0n) is 11.1. The van der Waals surface area contributed by atoms with Crippen LogP contribution in [0.25, 0.3) is 0 Å². The molecule has 3 unspecified atom stereocenters. The van der Waals surface area contributed by atoms with E-state index in [0.29, 0.717) is 10.8 Å². The van der Waals surface area contributed by atoms with Crippen LogP contribution in [0.3, 0.4) is 0 Å². The van der Waals surface area contributed by atoms with Crippen LogP contribution in [0.15, 0.2) is 0 Å². The van der Waals surface area contributed by atoms with E-state index in [2.05, 4.69) is 48.5 Å². The lowest BCUT2D eigenvalue weighted by molar-refractivity contribution is 0.298. The van der Waals surface area contributed by atoms with Gasteiger partial charge in [-0.05, 0) is 41.4 Å². The third kappa shape index (κ3) is 3.00. The number of rotatable bonds is 2. The Morgan fingerprint density at radius 1 is 0.929 bits per heavy atom. The Morgan fingerprint density at radius 2 is 1.43 bits per heavy atom. The summed E-state index contributed by atoms with van der Waals surface area (Å²) in [5, 5.41) is 0. The lowest BCUT2D eigenvalue weighted by atomic mass is 9.85. The van der Waals surface area contributed by atoms with Gasteiger partial charge < -0.3 is 0 Å². The highest BCUT2D eigenvalue weighted by Crippen LogP contribution is 2.58. The Morgan fingerprint density at radius 3 is 1.71 bits per heavy atom. The molecule has 0 amide bonds. The first-order chi connectivity index (χ1) is 6.13. The van der Waals surface area contributed by atoms with Gasteiger partial charge in [0.05, 0.1) is 0 Å². The van der Waals surface area contributed by atoms with Crippen molar-refractivity contribution in [2.45, 2.75) is 61.3 Å². The zero-order valence-corrected chi connectivity index (χ0v) is 11.1. The van der Waals surface area contributed by atoms with Gasteiger partial charge in [-0.2, -0.15) is 0 Å². The Labute approximate surface area is 90.5 Å². The molecule has 84 valence electrons. The zero-order chi connectivity index (χ0) is 11.1. The molecule has 14 heavy (non-hydrogen) atoms. The van der Waals surface area contributed by atoms with Crippen LogP contribution in [0.4, 0.5) is 0 Å². The van der Waals surface area contributed by atoms with Gasteiger partial charge in [0.2, 0.25) is 0 Å². The van der Waals surface area contributed by atoms with Crippen LogP contribution in [0.2, 0.25) is 0 Å². The normalized spacial score (nSPS) is 33.2. The standard InChI is InChI=1S/C14H28/c1-10-11(8-9-13(2,3)4)12(10)14(5,6)7/h10-12H,8-9H2,1-7H3. The topological polar surface area (TPSA) is 0 Å². The molecule has 0 nitrogen and oxygen atoms in total. The van der Waals surface area contributed by atoms with Gasteiger partial charge in [0.1, 0.15) is 0 Å². The summed E-state index contributed by atoms with van der Waals surface area (Å²) in [4.78, 5) is 0. The molecule has 0 heteroatoms. The van der Waals surface area contributed by atoms with Gasteiger partial charge in [-0.25, -0.2) is 0 Å². The molecule has 0 spiro atoms. The second-order valence-corrected chi connectivity index (χ2v) is 7.51. The smallest absolute Gasteiger partial charge is 0.0306 e. The molecule has 0 aromatic rings. The van der Waals surface area contributed by atoms with E-state index in [0.717, 1.165) is 17.8 Å². The van der Waals surface area contributed by atoms with Crippen LogP contribution in [-0.4, -0.2) is 0 Å². The molecule has 1 saturated carbocycles. The van der Waals surface area contributed by atoms with E-state index in [-0.39, 0.29) is 0 Å². The Hall–Kier alpha value is 0. The first-order valence-corrected chi connectivity index (χ1v) is 6.13. The molecule has 3 atom stereocenters. The number of hydrogen-bond donors (Lipinski definition) is 0. The molecule has 0 aliphatic heterocycles. The predicted octanol–water partition coefficient (Wildman–Crippen LogP) is 4.74. The molecule has 0 radical (unpaired) electrons. The highest BCUT2D eigenvalue weighted by molar-refractivity contribution is 5.00. The first-order valence-electron chi connectivity index (χ1n) is 6.13. The predicted molar refractivity (Wildman–Crippen MR) is 64.3 cm³/mol. The van der Waals surface area contributed by atoms with E-state index in [1.165, 1.54) is 12.8 Å². The summed E-state index contributed by atoms with van der Waals surface area (Å²) in [5.74, 6) is 2.96. The molecule has 0 aromatic carbocycles. The average molecular weight is 196 g/mol. The van der Waals surface area contributed by atoms with E-state index < -0.39 is 0 Å². The Balaban J connectivity index is 2.37. The maximum atomic E-state index is 2.43. The summed E-state index contributed by atoms with van der Waals surface area (Å²) in [6, 6.07) is 0. The van der Waals surface area contributed by atoms with Crippen molar-refractivity contribution in [3.63, 3.8) is 0 Å². The highest BCUT2D eigenvalue weighted by Gasteiger charge is 2.52. The molecule has 1 aliphatic rings. The van der Waals surface area contributed by atoms with Gasteiger partial charge in [0, 0.05) is 0 Å². The largest absolute Gasteiger partial charge is 0.0619 e. The minimum absolute atomic E-state index is 0.519. The molecule has 0 N–H and O–H groups in total. The average Bonchev–Trinajstić information content (AvgIpc) is 2.54. The fourth-order valence-corrected chi connectivity index (χ4v) is 3.02. The molecule has 1 aliphatic carbocycles. The van der Waals surface area contributed by atoms with Gasteiger partial charge in [0.15, 0.2) is 0 Å². The minimum atomic E-state index is 0.519. The SMILES string of the molecule is CC1C(CCC(C)(C)C)C1C(C)(C)C. The molecule has 0 heterocycles. The summed E-state index contributed by atoms with van der Waals surface area (Å²) in [5.41, 5.74) is 1.05. The highest BCUT2D eigenvalue weighted by atomic mass is 14.6. The van der Waals surface area contributed by atoms with E-state index in [4.69, 9.17) is 0 Å². The molecule has 0 saturated heterocycles. The Kier molecular flexibility index (Phi) is 3.05. The first kappa shape index (κ1) is 12.1. The molecular formula is C14H28. The minimum Gasteiger partial charge on any atom is -0.0619 e. The van der Waals surface area contributed by atoms with Crippen LogP contribution in [0.5, 0.6) is 0 Å². The van der Waals surface area contributed by atoms with Crippen LogP contribution in [0, 0.1) is 28.6 Å².